The third-order valence-corrected chi connectivity index (χ3v) is 3.99. The van der Waals surface area contributed by atoms with E-state index in [1.165, 1.54) is 0 Å². The molecule has 0 bridgehead atoms. The summed E-state index contributed by atoms with van der Waals surface area (Å²) in [4.78, 5) is 16.5. The van der Waals surface area contributed by atoms with E-state index in [0.717, 1.165) is 52.1 Å². The van der Waals surface area contributed by atoms with Gasteiger partial charge in [-0.2, -0.15) is 0 Å². The third kappa shape index (κ3) is 2.38. The van der Waals surface area contributed by atoms with Crippen molar-refractivity contribution in [3.8, 4) is 0 Å². The monoisotopic (exact) mass is 225 g/mol. The highest BCUT2D eigenvalue weighted by atomic mass is 16.2. The molecule has 4 nitrogen and oxygen atoms in total. The minimum atomic E-state index is 0.279. The lowest BCUT2D eigenvalue weighted by Crippen LogP contribution is -2.55. The van der Waals surface area contributed by atoms with Crippen LogP contribution in [0.3, 0.4) is 0 Å². The van der Waals surface area contributed by atoms with Gasteiger partial charge in [0.05, 0.1) is 0 Å². The van der Waals surface area contributed by atoms with Gasteiger partial charge in [0.25, 0.3) is 0 Å². The lowest BCUT2D eigenvalue weighted by molar-refractivity contribution is -0.143. The molecule has 0 aromatic heterocycles. The second kappa shape index (κ2) is 5.15. The first-order valence-electron chi connectivity index (χ1n) is 6.45. The Labute approximate surface area is 97.8 Å². The lowest BCUT2D eigenvalue weighted by Gasteiger charge is -2.42. The van der Waals surface area contributed by atoms with Crippen LogP contribution in [-0.2, 0) is 4.79 Å². The molecule has 0 aromatic rings. The summed E-state index contributed by atoms with van der Waals surface area (Å²) in [5, 5.41) is 0. The number of carbonyl (C=O) groups is 1. The fourth-order valence-corrected chi connectivity index (χ4v) is 2.65. The van der Waals surface area contributed by atoms with Crippen molar-refractivity contribution in [2.45, 2.75) is 19.8 Å². The smallest absolute Gasteiger partial charge is 0.225 e. The van der Waals surface area contributed by atoms with Crippen molar-refractivity contribution in [2.75, 3.05) is 39.3 Å². The fourth-order valence-electron chi connectivity index (χ4n) is 2.65. The van der Waals surface area contributed by atoms with Crippen molar-refractivity contribution >= 4 is 5.91 Å². The zero-order valence-corrected chi connectivity index (χ0v) is 10.2. The lowest BCUT2D eigenvalue weighted by atomic mass is 9.91. The quantitative estimate of drug-likeness (QED) is 0.743. The molecule has 1 amide bonds. The van der Waals surface area contributed by atoms with Crippen molar-refractivity contribution in [3.63, 3.8) is 0 Å². The van der Waals surface area contributed by atoms with Crippen molar-refractivity contribution in [3.05, 3.63) is 0 Å². The van der Waals surface area contributed by atoms with Gasteiger partial charge in [-0.1, -0.05) is 6.92 Å². The Bertz CT molecular complexity index is 243. The minimum Gasteiger partial charge on any atom is -0.342 e. The fraction of sp³-hybridized carbons (Fsp3) is 0.917. The van der Waals surface area contributed by atoms with E-state index in [1.807, 2.05) is 4.90 Å². The highest BCUT2D eigenvalue weighted by Crippen LogP contribution is 2.23. The Morgan fingerprint density at radius 2 is 1.94 bits per heavy atom. The first-order valence-corrected chi connectivity index (χ1v) is 6.45. The summed E-state index contributed by atoms with van der Waals surface area (Å²) in [5.41, 5.74) is 5.57. The molecule has 0 saturated carbocycles. The average Bonchev–Trinajstić information content (AvgIpc) is 2.27. The molecule has 0 atom stereocenters. The van der Waals surface area contributed by atoms with Crippen molar-refractivity contribution in [1.82, 2.24) is 9.80 Å². The number of carbonyl (C=O) groups excluding carboxylic acids is 1. The van der Waals surface area contributed by atoms with Crippen LogP contribution in [-0.4, -0.2) is 55.0 Å². The summed E-state index contributed by atoms with van der Waals surface area (Å²) < 4.78 is 0. The van der Waals surface area contributed by atoms with Crippen molar-refractivity contribution < 1.29 is 4.79 Å². The van der Waals surface area contributed by atoms with E-state index in [0.29, 0.717) is 11.8 Å². The first-order chi connectivity index (χ1) is 7.74. The van der Waals surface area contributed by atoms with Crippen molar-refractivity contribution in [2.24, 2.45) is 17.6 Å². The van der Waals surface area contributed by atoms with Gasteiger partial charge in [-0.25, -0.2) is 0 Å². The van der Waals surface area contributed by atoms with Crippen LogP contribution >= 0.6 is 0 Å². The molecule has 2 fully saturated rings. The summed E-state index contributed by atoms with van der Waals surface area (Å²) in [5.74, 6) is 1.21. The van der Waals surface area contributed by atoms with Crippen LogP contribution in [0.15, 0.2) is 0 Å². The van der Waals surface area contributed by atoms with E-state index in [2.05, 4.69) is 11.8 Å². The van der Waals surface area contributed by atoms with Crippen LogP contribution in [0, 0.1) is 11.8 Å². The maximum atomic E-state index is 12.1. The maximum Gasteiger partial charge on any atom is 0.225 e. The van der Waals surface area contributed by atoms with Crippen LogP contribution in [0.4, 0.5) is 0 Å². The predicted octanol–water partition coefficient (Wildman–Crippen LogP) is 0.135. The van der Waals surface area contributed by atoms with E-state index >= 15 is 0 Å². The second-order valence-electron chi connectivity index (χ2n) is 5.05. The Kier molecular flexibility index (Phi) is 3.82. The van der Waals surface area contributed by atoms with Gasteiger partial charge in [0.2, 0.25) is 5.91 Å². The molecule has 0 spiro atoms. The van der Waals surface area contributed by atoms with E-state index < -0.39 is 0 Å². The van der Waals surface area contributed by atoms with E-state index in [9.17, 15) is 4.79 Å². The predicted molar refractivity (Wildman–Crippen MR) is 64.0 cm³/mol. The first kappa shape index (κ1) is 11.9. The summed E-state index contributed by atoms with van der Waals surface area (Å²) in [6, 6.07) is 0. The van der Waals surface area contributed by atoms with Gasteiger partial charge in [-0.3, -0.25) is 4.79 Å². The standard InChI is InChI=1S/C12H23N3O/c1-2-14-5-3-11(4-6-14)12(16)15-8-10(7-13)9-15/h10-11H,2-9,13H2,1H3. The minimum absolute atomic E-state index is 0.279. The zero-order chi connectivity index (χ0) is 11.5. The highest BCUT2D eigenvalue weighted by Gasteiger charge is 2.34. The van der Waals surface area contributed by atoms with Gasteiger partial charge < -0.3 is 15.5 Å². The van der Waals surface area contributed by atoms with E-state index in [1.54, 1.807) is 0 Å². The highest BCUT2D eigenvalue weighted by molar-refractivity contribution is 5.79. The molecule has 2 rings (SSSR count). The largest absolute Gasteiger partial charge is 0.342 e. The van der Waals surface area contributed by atoms with Gasteiger partial charge in [0.15, 0.2) is 0 Å². The van der Waals surface area contributed by atoms with Crippen LogP contribution < -0.4 is 5.73 Å². The molecular formula is C12H23N3O. The van der Waals surface area contributed by atoms with Crippen LogP contribution in [0.25, 0.3) is 0 Å². The van der Waals surface area contributed by atoms with Gasteiger partial charge >= 0.3 is 0 Å². The topological polar surface area (TPSA) is 49.6 Å². The molecule has 92 valence electrons. The maximum absolute atomic E-state index is 12.1. The van der Waals surface area contributed by atoms with Crippen LogP contribution in [0.5, 0.6) is 0 Å². The average molecular weight is 225 g/mol. The van der Waals surface area contributed by atoms with Gasteiger partial charge in [0, 0.05) is 24.9 Å². The molecule has 4 heteroatoms. The van der Waals surface area contributed by atoms with Gasteiger partial charge in [-0.05, 0) is 39.0 Å². The molecule has 16 heavy (non-hydrogen) atoms. The number of rotatable bonds is 3. The summed E-state index contributed by atoms with van der Waals surface area (Å²) in [6.07, 6.45) is 2.08. The second-order valence-corrected chi connectivity index (χ2v) is 5.05. The number of likely N-dealkylation sites (tertiary alicyclic amines) is 2. The molecular weight excluding hydrogens is 202 g/mol. The summed E-state index contributed by atoms with van der Waals surface area (Å²) in [6.45, 7) is 7.97. The van der Waals surface area contributed by atoms with Crippen LogP contribution in [0.1, 0.15) is 19.8 Å². The van der Waals surface area contributed by atoms with Crippen LogP contribution in [0.2, 0.25) is 0 Å². The summed E-state index contributed by atoms with van der Waals surface area (Å²) in [7, 11) is 0. The van der Waals surface area contributed by atoms with Crippen molar-refractivity contribution in [1.29, 1.82) is 0 Å². The molecule has 2 N–H and O–H groups in total. The number of amides is 1. The number of hydrogen-bond acceptors (Lipinski definition) is 3. The molecule has 2 saturated heterocycles. The Morgan fingerprint density at radius 3 is 2.44 bits per heavy atom. The van der Waals surface area contributed by atoms with E-state index in [4.69, 9.17) is 5.73 Å². The number of nitrogens with zero attached hydrogens (tertiary/aromatic N) is 2. The SMILES string of the molecule is CCN1CCC(C(=O)N2CC(CN)C2)CC1. The molecule has 2 aliphatic heterocycles. The van der Waals surface area contributed by atoms with E-state index in [-0.39, 0.29) is 5.92 Å². The molecule has 2 heterocycles. The molecule has 0 aromatic carbocycles. The van der Waals surface area contributed by atoms with Gasteiger partial charge in [0.1, 0.15) is 0 Å². The zero-order valence-electron chi connectivity index (χ0n) is 10.2. The number of piperidine rings is 1. The molecule has 0 unspecified atom stereocenters. The Morgan fingerprint density at radius 1 is 1.31 bits per heavy atom. The number of hydrogen-bond donors (Lipinski definition) is 1. The normalized spacial score (nSPS) is 24.5. The molecule has 2 aliphatic rings. The number of nitrogens with two attached hydrogens (primary N) is 1. The molecule has 0 aliphatic carbocycles. The summed E-state index contributed by atoms with van der Waals surface area (Å²) >= 11 is 0. The third-order valence-electron chi connectivity index (χ3n) is 3.99. The molecule has 0 radical (unpaired) electrons. The van der Waals surface area contributed by atoms with Gasteiger partial charge in [-0.15, -0.1) is 0 Å². The Balaban J connectivity index is 1.75. The Hall–Kier alpha value is -0.610.